The molecule has 2 rings (SSSR count). The van der Waals surface area contributed by atoms with Gasteiger partial charge in [0.05, 0.1) is 4.92 Å². The third-order valence-electron chi connectivity index (χ3n) is 2.34. The Bertz CT molecular complexity index is 586. The summed E-state index contributed by atoms with van der Waals surface area (Å²) in [5.74, 6) is -0.870. The fraction of sp³-hybridized carbons (Fsp3) is 0. The molecule has 3 nitrogen and oxygen atoms in total. The predicted octanol–water partition coefficient (Wildman–Crippen LogP) is 4.05. The van der Waals surface area contributed by atoms with Crippen molar-refractivity contribution >= 4 is 17.3 Å². The molecule has 0 bridgehead atoms. The number of hydrogen-bond donors (Lipinski definition) is 0. The number of halogens is 2. The van der Waals surface area contributed by atoms with E-state index in [1.165, 1.54) is 12.1 Å². The van der Waals surface area contributed by atoms with Gasteiger partial charge in [-0.15, -0.1) is 0 Å². The molecule has 0 heterocycles. The summed E-state index contributed by atoms with van der Waals surface area (Å²) in [6.45, 7) is 0. The Hall–Kier alpha value is -1.94. The quantitative estimate of drug-likeness (QED) is 0.597. The van der Waals surface area contributed by atoms with Crippen LogP contribution in [0.15, 0.2) is 42.5 Å². The van der Waals surface area contributed by atoms with Gasteiger partial charge in [-0.05, 0) is 6.07 Å². The van der Waals surface area contributed by atoms with Crippen molar-refractivity contribution in [2.45, 2.75) is 0 Å². The Labute approximate surface area is 102 Å². The van der Waals surface area contributed by atoms with Crippen LogP contribution < -0.4 is 0 Å². The third-order valence-corrected chi connectivity index (χ3v) is 2.67. The summed E-state index contributed by atoms with van der Waals surface area (Å²) < 4.78 is 13.9. The van der Waals surface area contributed by atoms with Crippen LogP contribution in [0, 0.1) is 15.9 Å². The molecule has 0 N–H and O–H groups in total. The largest absolute Gasteiger partial charge is 0.305 e. The highest BCUT2D eigenvalue weighted by Crippen LogP contribution is 2.33. The van der Waals surface area contributed by atoms with Crippen molar-refractivity contribution in [1.82, 2.24) is 0 Å². The van der Waals surface area contributed by atoms with E-state index in [-0.39, 0.29) is 5.56 Å². The van der Waals surface area contributed by atoms with Crippen LogP contribution in [0.25, 0.3) is 11.1 Å². The molecule has 0 aliphatic heterocycles. The van der Waals surface area contributed by atoms with Crippen molar-refractivity contribution in [3.63, 3.8) is 0 Å². The maximum atomic E-state index is 13.9. The minimum Gasteiger partial charge on any atom is -0.258 e. The van der Waals surface area contributed by atoms with Crippen molar-refractivity contribution < 1.29 is 9.31 Å². The summed E-state index contributed by atoms with van der Waals surface area (Å²) >= 11 is 5.93. The summed E-state index contributed by atoms with van der Waals surface area (Å²) in [4.78, 5) is 9.87. The Balaban J connectivity index is 2.65. The van der Waals surface area contributed by atoms with E-state index in [9.17, 15) is 14.5 Å². The normalized spacial score (nSPS) is 10.2. The first-order valence-electron chi connectivity index (χ1n) is 4.79. The average molecular weight is 252 g/mol. The lowest BCUT2D eigenvalue weighted by atomic mass is 10.0. The molecular formula is C12H7ClFNO2. The second kappa shape index (κ2) is 4.51. The predicted molar refractivity (Wildman–Crippen MR) is 63.5 cm³/mol. The Morgan fingerprint density at radius 1 is 1.06 bits per heavy atom. The summed E-state index contributed by atoms with van der Waals surface area (Å²) in [6.07, 6.45) is 0. The van der Waals surface area contributed by atoms with Gasteiger partial charge in [-0.1, -0.05) is 41.9 Å². The van der Waals surface area contributed by atoms with E-state index in [1.807, 2.05) is 0 Å². The fourth-order valence-electron chi connectivity index (χ4n) is 1.55. The van der Waals surface area contributed by atoms with E-state index in [4.69, 9.17) is 11.6 Å². The summed E-state index contributed by atoms with van der Waals surface area (Å²) in [7, 11) is 0. The zero-order valence-corrected chi connectivity index (χ0v) is 9.32. The van der Waals surface area contributed by atoms with E-state index in [2.05, 4.69) is 0 Å². The van der Waals surface area contributed by atoms with Crippen LogP contribution >= 0.6 is 11.6 Å². The Kier molecular flexibility index (Phi) is 3.06. The highest BCUT2D eigenvalue weighted by Gasteiger charge is 2.19. The van der Waals surface area contributed by atoms with Gasteiger partial charge in [0.15, 0.2) is 0 Å². The molecule has 0 saturated carbocycles. The lowest BCUT2D eigenvalue weighted by Gasteiger charge is -2.05. The van der Waals surface area contributed by atoms with E-state index in [1.54, 1.807) is 24.3 Å². The average Bonchev–Trinajstić information content (AvgIpc) is 2.30. The Morgan fingerprint density at radius 3 is 2.35 bits per heavy atom. The molecule has 17 heavy (non-hydrogen) atoms. The van der Waals surface area contributed by atoms with E-state index < -0.39 is 16.4 Å². The molecule has 0 amide bonds. The van der Waals surface area contributed by atoms with Crippen molar-refractivity contribution in [2.24, 2.45) is 0 Å². The molecule has 0 radical (unpaired) electrons. The topological polar surface area (TPSA) is 43.1 Å². The Morgan fingerprint density at radius 2 is 1.71 bits per heavy atom. The number of rotatable bonds is 2. The fourth-order valence-corrected chi connectivity index (χ4v) is 1.79. The second-order valence-corrected chi connectivity index (χ2v) is 3.78. The zero-order valence-electron chi connectivity index (χ0n) is 8.56. The summed E-state index contributed by atoms with van der Waals surface area (Å²) in [5, 5.41) is 11.0. The van der Waals surface area contributed by atoms with Gasteiger partial charge in [0.1, 0.15) is 0 Å². The number of nitro benzene ring substituents is 1. The molecule has 0 saturated heterocycles. The number of benzene rings is 2. The first-order valence-corrected chi connectivity index (χ1v) is 5.17. The van der Waals surface area contributed by atoms with Crippen molar-refractivity contribution in [1.29, 1.82) is 0 Å². The summed E-state index contributed by atoms with van der Waals surface area (Å²) in [6, 6.07) is 10.6. The molecule has 0 spiro atoms. The van der Waals surface area contributed by atoms with Crippen molar-refractivity contribution in [2.75, 3.05) is 0 Å². The van der Waals surface area contributed by atoms with Gasteiger partial charge in [-0.25, -0.2) is 0 Å². The first kappa shape index (κ1) is 11.5. The van der Waals surface area contributed by atoms with Crippen molar-refractivity contribution in [3.05, 3.63) is 63.4 Å². The van der Waals surface area contributed by atoms with E-state index >= 15 is 0 Å². The van der Waals surface area contributed by atoms with E-state index in [0.717, 1.165) is 6.07 Å². The maximum Gasteiger partial charge on any atom is 0.305 e. The van der Waals surface area contributed by atoms with Gasteiger partial charge >= 0.3 is 5.69 Å². The van der Waals surface area contributed by atoms with Crippen LogP contribution in [-0.2, 0) is 0 Å². The van der Waals surface area contributed by atoms with Gasteiger partial charge in [-0.2, -0.15) is 4.39 Å². The van der Waals surface area contributed by atoms with Gasteiger partial charge in [-0.3, -0.25) is 10.1 Å². The molecule has 0 aromatic heterocycles. The van der Waals surface area contributed by atoms with Crippen LogP contribution in [0.1, 0.15) is 0 Å². The molecule has 0 fully saturated rings. The highest BCUT2D eigenvalue weighted by atomic mass is 35.5. The molecule has 2 aromatic carbocycles. The van der Waals surface area contributed by atoms with Crippen molar-refractivity contribution in [3.8, 4) is 11.1 Å². The third kappa shape index (κ3) is 2.12. The van der Waals surface area contributed by atoms with Gasteiger partial charge < -0.3 is 0 Å². The molecule has 0 atom stereocenters. The highest BCUT2D eigenvalue weighted by molar-refractivity contribution is 6.33. The van der Waals surface area contributed by atoms with E-state index in [0.29, 0.717) is 10.6 Å². The minimum absolute atomic E-state index is 0.129. The van der Waals surface area contributed by atoms with Gasteiger partial charge in [0.25, 0.3) is 0 Å². The molecule has 0 aliphatic carbocycles. The number of hydrogen-bond acceptors (Lipinski definition) is 2. The lowest BCUT2D eigenvalue weighted by molar-refractivity contribution is -0.387. The molecule has 0 aliphatic rings. The van der Waals surface area contributed by atoms with Crippen LogP contribution in [0.5, 0.6) is 0 Å². The molecule has 0 unspecified atom stereocenters. The smallest absolute Gasteiger partial charge is 0.258 e. The number of nitrogens with zero attached hydrogens (tertiary/aromatic N) is 1. The van der Waals surface area contributed by atoms with Crippen LogP contribution in [-0.4, -0.2) is 4.92 Å². The minimum atomic E-state index is -0.870. The standard InChI is InChI=1S/C12H7ClFNO2/c13-10-6-2-1-4-8(10)9-5-3-7-11(12(9)14)15(16)17/h1-7H. The SMILES string of the molecule is O=[N+]([O-])c1cccc(-c2ccccc2Cl)c1F. The van der Waals surface area contributed by atoms with Gasteiger partial charge in [0.2, 0.25) is 5.82 Å². The first-order chi connectivity index (χ1) is 8.11. The van der Waals surface area contributed by atoms with Gasteiger partial charge in [0, 0.05) is 22.2 Å². The lowest BCUT2D eigenvalue weighted by Crippen LogP contribution is -1.94. The van der Waals surface area contributed by atoms with Crippen LogP contribution in [0.2, 0.25) is 5.02 Å². The monoisotopic (exact) mass is 251 g/mol. The van der Waals surface area contributed by atoms with Crippen LogP contribution in [0.3, 0.4) is 0 Å². The molecule has 5 heteroatoms. The second-order valence-electron chi connectivity index (χ2n) is 3.38. The zero-order chi connectivity index (χ0) is 12.4. The maximum absolute atomic E-state index is 13.9. The summed E-state index contributed by atoms with van der Waals surface area (Å²) in [5.41, 5.74) is 0.0163. The molecular weight excluding hydrogens is 245 g/mol. The molecule has 86 valence electrons. The molecule has 2 aromatic rings. The van der Waals surface area contributed by atoms with Crippen LogP contribution in [0.4, 0.5) is 10.1 Å². The number of nitro groups is 1.